The molecule has 0 saturated carbocycles. The zero-order chi connectivity index (χ0) is 9.26. The van der Waals surface area contributed by atoms with Crippen LogP contribution in [0.2, 0.25) is 0 Å². The Labute approximate surface area is 102 Å². The average molecular weight is 398 g/mol. The van der Waals surface area contributed by atoms with E-state index < -0.39 is 0 Å². The molecule has 0 fully saturated rings. The second-order valence-corrected chi connectivity index (χ2v) is 4.48. The Hall–Kier alpha value is -0.180. The lowest BCUT2D eigenvalue weighted by Gasteiger charge is -1.95. The van der Waals surface area contributed by atoms with Gasteiger partial charge in [-0.25, -0.2) is 0 Å². The largest absolute Gasteiger partial charge is 0.333 e. The predicted molar refractivity (Wildman–Crippen MR) is 65.2 cm³/mol. The summed E-state index contributed by atoms with van der Waals surface area (Å²) in [4.78, 5) is 4.15. The Balaban J connectivity index is 2.52. The van der Waals surface area contributed by atoms with Crippen molar-refractivity contribution in [2.75, 3.05) is 0 Å². The molecule has 0 radical (unpaired) electrons. The van der Waals surface area contributed by atoms with Gasteiger partial charge >= 0.3 is 0 Å². The Kier molecular flexibility index (Phi) is 2.82. The molecule has 2 aromatic rings. The molecule has 1 aromatic carbocycles. The summed E-state index contributed by atoms with van der Waals surface area (Å²) in [5, 5.41) is 3.73. The second-order valence-electron chi connectivity index (χ2n) is 2.35. The first-order valence-electron chi connectivity index (χ1n) is 3.51. The van der Waals surface area contributed by atoms with Gasteiger partial charge in [0.1, 0.15) is 0 Å². The summed E-state index contributed by atoms with van der Waals surface area (Å²) in [7, 11) is 0. The molecule has 0 atom stereocenters. The summed E-state index contributed by atoms with van der Waals surface area (Å²) in [6.07, 6.45) is 0. The van der Waals surface area contributed by atoms with E-state index in [1.54, 1.807) is 0 Å². The van der Waals surface area contributed by atoms with Gasteiger partial charge in [0.15, 0.2) is 0 Å². The van der Waals surface area contributed by atoms with Crippen LogP contribution in [0.5, 0.6) is 0 Å². The number of aromatic nitrogens is 2. The van der Waals surface area contributed by atoms with Gasteiger partial charge in [0, 0.05) is 26.2 Å². The molecule has 0 unspecified atom stereocenters. The molecule has 0 aliphatic carbocycles. The quantitative estimate of drug-likeness (QED) is 0.694. The maximum absolute atomic E-state index is 5.06. The average Bonchev–Trinajstić information content (AvgIpc) is 2.53. The van der Waals surface area contributed by atoms with Crippen LogP contribution in [0.15, 0.2) is 28.8 Å². The maximum atomic E-state index is 5.06. The molecule has 66 valence electrons. The minimum Gasteiger partial charge on any atom is -0.333 e. The molecule has 1 heterocycles. The topological polar surface area (TPSA) is 38.9 Å². The van der Waals surface area contributed by atoms with Crippen molar-refractivity contribution in [1.82, 2.24) is 10.1 Å². The lowest BCUT2D eigenvalue weighted by Crippen LogP contribution is -1.81. The summed E-state index contributed by atoms with van der Waals surface area (Å²) in [6, 6.07) is 7.90. The molecule has 1 aromatic heterocycles. The minimum atomic E-state index is 0.578. The molecule has 0 aliphatic rings. The summed E-state index contributed by atoms with van der Waals surface area (Å²) in [5.41, 5.74) is 0.985. The maximum Gasteiger partial charge on any atom is 0.259 e. The van der Waals surface area contributed by atoms with E-state index in [0.717, 1.165) is 9.13 Å². The van der Waals surface area contributed by atoms with Crippen LogP contribution in [-0.2, 0) is 0 Å². The first-order chi connectivity index (χ1) is 6.27. The van der Waals surface area contributed by atoms with Crippen molar-refractivity contribution in [1.29, 1.82) is 0 Å². The highest BCUT2D eigenvalue weighted by Gasteiger charge is 2.08. The van der Waals surface area contributed by atoms with E-state index in [1.165, 1.54) is 0 Å². The fourth-order valence-electron chi connectivity index (χ4n) is 0.950. The van der Waals surface area contributed by atoms with Crippen molar-refractivity contribution >= 4 is 45.2 Å². The molecule has 13 heavy (non-hydrogen) atoms. The molecular formula is C8H4I2N2O. The van der Waals surface area contributed by atoms with Crippen LogP contribution in [0.3, 0.4) is 0 Å². The van der Waals surface area contributed by atoms with Gasteiger partial charge in [-0.3, -0.25) is 0 Å². The minimum absolute atomic E-state index is 0.578. The van der Waals surface area contributed by atoms with Crippen molar-refractivity contribution in [2.45, 2.75) is 0 Å². The number of nitrogens with zero attached hydrogens (tertiary/aromatic N) is 2. The van der Waals surface area contributed by atoms with E-state index in [2.05, 4.69) is 32.7 Å². The molecule has 0 amide bonds. The molecular weight excluding hydrogens is 394 g/mol. The first-order valence-corrected chi connectivity index (χ1v) is 5.67. The summed E-state index contributed by atoms with van der Waals surface area (Å²) in [6.45, 7) is 0. The van der Waals surface area contributed by atoms with Crippen molar-refractivity contribution in [3.05, 3.63) is 31.7 Å². The SMILES string of the molecule is Ic1noc(-c2ccccc2I)n1. The Morgan fingerprint density at radius 1 is 1.15 bits per heavy atom. The van der Waals surface area contributed by atoms with E-state index in [-0.39, 0.29) is 0 Å². The summed E-state index contributed by atoms with van der Waals surface area (Å²) < 4.78 is 6.80. The van der Waals surface area contributed by atoms with Gasteiger partial charge in [0.25, 0.3) is 5.89 Å². The zero-order valence-electron chi connectivity index (χ0n) is 6.37. The van der Waals surface area contributed by atoms with E-state index in [4.69, 9.17) is 4.52 Å². The van der Waals surface area contributed by atoms with Gasteiger partial charge in [0.05, 0.1) is 5.56 Å². The van der Waals surface area contributed by atoms with Gasteiger partial charge in [0.2, 0.25) is 3.83 Å². The molecule has 2 rings (SSSR count). The van der Waals surface area contributed by atoms with Crippen LogP contribution >= 0.6 is 45.2 Å². The predicted octanol–water partition coefficient (Wildman–Crippen LogP) is 2.95. The third-order valence-electron chi connectivity index (χ3n) is 1.51. The second kappa shape index (κ2) is 3.91. The first kappa shape index (κ1) is 9.38. The summed E-state index contributed by atoms with van der Waals surface area (Å²) >= 11 is 4.26. The van der Waals surface area contributed by atoms with Gasteiger partial charge in [-0.1, -0.05) is 17.3 Å². The molecule has 3 nitrogen and oxygen atoms in total. The van der Waals surface area contributed by atoms with E-state index in [1.807, 2.05) is 46.9 Å². The zero-order valence-corrected chi connectivity index (χ0v) is 10.7. The van der Waals surface area contributed by atoms with Gasteiger partial charge in [-0.15, -0.1) is 0 Å². The standard InChI is InChI=1S/C8H4I2N2O/c9-6-4-2-1-3-5(6)7-11-8(10)12-13-7/h1-4H. The van der Waals surface area contributed by atoms with Crippen LogP contribution in [-0.4, -0.2) is 10.1 Å². The molecule has 0 saturated heterocycles. The monoisotopic (exact) mass is 398 g/mol. The normalized spacial score (nSPS) is 10.3. The van der Waals surface area contributed by atoms with E-state index in [9.17, 15) is 0 Å². The number of benzene rings is 1. The van der Waals surface area contributed by atoms with Gasteiger partial charge in [-0.05, 0) is 34.7 Å². The van der Waals surface area contributed by atoms with E-state index in [0.29, 0.717) is 9.72 Å². The molecule has 0 aliphatic heterocycles. The van der Waals surface area contributed by atoms with Crippen LogP contribution in [0, 0.1) is 7.40 Å². The molecule has 0 spiro atoms. The third kappa shape index (κ3) is 2.01. The molecule has 5 heteroatoms. The number of halogens is 2. The highest BCUT2D eigenvalue weighted by molar-refractivity contribution is 14.1. The third-order valence-corrected chi connectivity index (χ3v) is 2.88. The number of hydrogen-bond donors (Lipinski definition) is 0. The lowest BCUT2D eigenvalue weighted by molar-refractivity contribution is 0.425. The van der Waals surface area contributed by atoms with Crippen LogP contribution in [0.25, 0.3) is 11.5 Å². The number of rotatable bonds is 1. The van der Waals surface area contributed by atoms with Crippen molar-refractivity contribution in [3.63, 3.8) is 0 Å². The Bertz CT molecular complexity index is 428. The number of hydrogen-bond acceptors (Lipinski definition) is 3. The van der Waals surface area contributed by atoms with E-state index >= 15 is 0 Å². The fourth-order valence-corrected chi connectivity index (χ4v) is 1.89. The van der Waals surface area contributed by atoms with Crippen molar-refractivity contribution < 1.29 is 4.52 Å². The van der Waals surface area contributed by atoms with Crippen LogP contribution < -0.4 is 0 Å². The summed E-state index contributed by atoms with van der Waals surface area (Å²) in [5.74, 6) is 0.578. The van der Waals surface area contributed by atoms with Gasteiger partial charge in [-0.2, -0.15) is 4.98 Å². The van der Waals surface area contributed by atoms with Crippen molar-refractivity contribution in [3.8, 4) is 11.5 Å². The molecule has 0 N–H and O–H groups in total. The Morgan fingerprint density at radius 3 is 2.54 bits per heavy atom. The van der Waals surface area contributed by atoms with Crippen LogP contribution in [0.1, 0.15) is 0 Å². The molecule has 0 bridgehead atoms. The highest BCUT2D eigenvalue weighted by Crippen LogP contribution is 2.23. The smallest absolute Gasteiger partial charge is 0.259 e. The van der Waals surface area contributed by atoms with Gasteiger partial charge < -0.3 is 4.52 Å². The Morgan fingerprint density at radius 2 is 1.92 bits per heavy atom. The highest BCUT2D eigenvalue weighted by atomic mass is 127. The van der Waals surface area contributed by atoms with Crippen molar-refractivity contribution in [2.24, 2.45) is 0 Å². The fraction of sp³-hybridized carbons (Fsp3) is 0. The van der Waals surface area contributed by atoms with Crippen LogP contribution in [0.4, 0.5) is 0 Å². The lowest BCUT2D eigenvalue weighted by atomic mass is 10.2.